The lowest BCUT2D eigenvalue weighted by molar-refractivity contribution is -0.136. The highest BCUT2D eigenvalue weighted by molar-refractivity contribution is 5.83. The average Bonchev–Trinajstić information content (AvgIpc) is 2.24. The van der Waals surface area contributed by atoms with Crippen molar-refractivity contribution in [1.82, 2.24) is 5.32 Å². The van der Waals surface area contributed by atoms with Crippen molar-refractivity contribution in [2.45, 2.75) is 45.9 Å². The zero-order chi connectivity index (χ0) is 13.8. The summed E-state index contributed by atoms with van der Waals surface area (Å²) in [5, 5.41) is 15.5. The van der Waals surface area contributed by atoms with Gasteiger partial charge in [-0.25, -0.2) is 0 Å². The maximum Gasteiger partial charge on any atom is 0.251 e. The zero-order valence-electron chi connectivity index (χ0n) is 11.4. The fraction of sp³-hybridized carbons (Fsp3) is 0.500. The van der Waals surface area contributed by atoms with Gasteiger partial charge in [-0.3, -0.25) is 4.79 Å². The second-order valence-corrected chi connectivity index (χ2v) is 5.24. The molecule has 100 valence electrons. The molecule has 0 fully saturated rings. The molecule has 0 saturated carbocycles. The Hall–Kier alpha value is -1.55. The van der Waals surface area contributed by atoms with Gasteiger partial charge in [0.25, 0.3) is 5.91 Å². The molecule has 4 heteroatoms. The van der Waals surface area contributed by atoms with Crippen molar-refractivity contribution in [2.75, 3.05) is 5.32 Å². The third-order valence-corrected chi connectivity index (χ3v) is 2.39. The fourth-order valence-corrected chi connectivity index (χ4v) is 1.50. The van der Waals surface area contributed by atoms with Crippen LogP contribution in [-0.2, 0) is 11.3 Å². The van der Waals surface area contributed by atoms with Crippen LogP contribution in [0.1, 0.15) is 33.3 Å². The van der Waals surface area contributed by atoms with E-state index in [0.717, 1.165) is 11.3 Å². The quantitative estimate of drug-likeness (QED) is 0.748. The Bertz CT molecular complexity index is 409. The van der Waals surface area contributed by atoms with Crippen LogP contribution in [0.2, 0.25) is 0 Å². The van der Waals surface area contributed by atoms with Crippen molar-refractivity contribution in [3.8, 4) is 0 Å². The molecular formula is C14H22N2O2. The molecule has 0 aliphatic rings. The number of aliphatic hydroxyl groups is 1. The van der Waals surface area contributed by atoms with Crippen molar-refractivity contribution >= 4 is 11.6 Å². The summed E-state index contributed by atoms with van der Waals surface area (Å²) in [7, 11) is 0. The second kappa shape index (κ2) is 5.87. The number of carbonyl (C=O) groups excluding carboxylic acids is 1. The molecule has 18 heavy (non-hydrogen) atoms. The van der Waals surface area contributed by atoms with Crippen molar-refractivity contribution in [3.63, 3.8) is 0 Å². The Kier molecular flexibility index (Phi) is 4.73. The minimum absolute atomic E-state index is 0.367. The number of nitrogens with one attached hydrogen (secondary N) is 2. The summed E-state index contributed by atoms with van der Waals surface area (Å²) in [4.78, 5) is 11.5. The number of amides is 1. The molecular weight excluding hydrogens is 228 g/mol. The van der Waals surface area contributed by atoms with Crippen LogP contribution in [0.3, 0.4) is 0 Å². The van der Waals surface area contributed by atoms with E-state index in [1.54, 1.807) is 0 Å². The third kappa shape index (κ3) is 4.75. The molecule has 1 rings (SSSR count). The smallest absolute Gasteiger partial charge is 0.251 e. The SMILES string of the molecule is CC(C)Nc1cccc(CNC(=O)C(C)(C)O)c1. The van der Waals surface area contributed by atoms with E-state index in [1.807, 2.05) is 24.3 Å². The van der Waals surface area contributed by atoms with Gasteiger partial charge in [0.2, 0.25) is 0 Å². The Morgan fingerprint density at radius 2 is 2.06 bits per heavy atom. The van der Waals surface area contributed by atoms with Crippen LogP contribution in [-0.4, -0.2) is 22.7 Å². The van der Waals surface area contributed by atoms with Gasteiger partial charge < -0.3 is 15.7 Å². The topological polar surface area (TPSA) is 61.4 Å². The molecule has 0 bridgehead atoms. The van der Waals surface area contributed by atoms with Gasteiger partial charge in [0.05, 0.1) is 0 Å². The Morgan fingerprint density at radius 1 is 1.39 bits per heavy atom. The Morgan fingerprint density at radius 3 is 2.61 bits per heavy atom. The molecule has 4 nitrogen and oxygen atoms in total. The summed E-state index contributed by atoms with van der Waals surface area (Å²) in [5.41, 5.74) is 0.687. The predicted molar refractivity (Wildman–Crippen MR) is 73.3 cm³/mol. The Balaban J connectivity index is 2.60. The molecule has 0 saturated heterocycles. The number of benzene rings is 1. The molecule has 0 spiro atoms. The lowest BCUT2D eigenvalue weighted by atomic mass is 10.1. The van der Waals surface area contributed by atoms with Gasteiger partial charge in [0, 0.05) is 18.3 Å². The van der Waals surface area contributed by atoms with Crippen LogP contribution >= 0.6 is 0 Å². The molecule has 0 aliphatic heterocycles. The normalized spacial score (nSPS) is 11.4. The van der Waals surface area contributed by atoms with E-state index in [0.29, 0.717) is 12.6 Å². The van der Waals surface area contributed by atoms with Crippen molar-refractivity contribution < 1.29 is 9.90 Å². The Labute approximate surface area is 108 Å². The summed E-state index contributed by atoms with van der Waals surface area (Å²) in [6.07, 6.45) is 0. The van der Waals surface area contributed by atoms with Crippen LogP contribution in [0.15, 0.2) is 24.3 Å². The molecule has 1 aromatic rings. The number of rotatable bonds is 5. The first-order valence-electron chi connectivity index (χ1n) is 6.15. The van der Waals surface area contributed by atoms with Crippen molar-refractivity contribution in [3.05, 3.63) is 29.8 Å². The summed E-state index contributed by atoms with van der Waals surface area (Å²) in [6, 6.07) is 8.23. The monoisotopic (exact) mass is 250 g/mol. The number of hydrogen-bond acceptors (Lipinski definition) is 3. The largest absolute Gasteiger partial charge is 0.383 e. The highest BCUT2D eigenvalue weighted by Gasteiger charge is 2.22. The summed E-state index contributed by atoms with van der Waals surface area (Å²) in [6.45, 7) is 7.50. The molecule has 0 radical (unpaired) electrons. The van der Waals surface area contributed by atoms with E-state index in [9.17, 15) is 9.90 Å². The van der Waals surface area contributed by atoms with E-state index < -0.39 is 5.60 Å². The highest BCUT2D eigenvalue weighted by atomic mass is 16.3. The van der Waals surface area contributed by atoms with E-state index in [2.05, 4.69) is 24.5 Å². The molecule has 0 aromatic heterocycles. The van der Waals surface area contributed by atoms with Crippen LogP contribution in [0.4, 0.5) is 5.69 Å². The second-order valence-electron chi connectivity index (χ2n) is 5.24. The van der Waals surface area contributed by atoms with Crippen LogP contribution in [0, 0.1) is 0 Å². The molecule has 0 unspecified atom stereocenters. The van der Waals surface area contributed by atoms with Gasteiger partial charge in [0.15, 0.2) is 0 Å². The number of carbonyl (C=O) groups is 1. The first-order valence-corrected chi connectivity index (χ1v) is 6.15. The molecule has 3 N–H and O–H groups in total. The maximum atomic E-state index is 11.5. The predicted octanol–water partition coefficient (Wildman–Crippen LogP) is 1.89. The molecule has 1 amide bonds. The van der Waals surface area contributed by atoms with Crippen LogP contribution in [0.25, 0.3) is 0 Å². The molecule has 0 atom stereocenters. The van der Waals surface area contributed by atoms with Gasteiger partial charge in [-0.1, -0.05) is 12.1 Å². The highest BCUT2D eigenvalue weighted by Crippen LogP contribution is 2.12. The lowest BCUT2D eigenvalue weighted by Gasteiger charge is -2.17. The van der Waals surface area contributed by atoms with Crippen LogP contribution < -0.4 is 10.6 Å². The van der Waals surface area contributed by atoms with Crippen LogP contribution in [0.5, 0.6) is 0 Å². The third-order valence-electron chi connectivity index (χ3n) is 2.39. The average molecular weight is 250 g/mol. The van der Waals surface area contributed by atoms with Crippen molar-refractivity contribution in [1.29, 1.82) is 0 Å². The zero-order valence-corrected chi connectivity index (χ0v) is 11.4. The van der Waals surface area contributed by atoms with E-state index in [4.69, 9.17) is 0 Å². The molecule has 0 heterocycles. The minimum Gasteiger partial charge on any atom is -0.383 e. The van der Waals surface area contributed by atoms with Gasteiger partial charge in [-0.15, -0.1) is 0 Å². The van der Waals surface area contributed by atoms with Gasteiger partial charge >= 0.3 is 0 Å². The summed E-state index contributed by atoms with van der Waals surface area (Å²) < 4.78 is 0. The first kappa shape index (κ1) is 14.5. The molecule has 1 aromatic carbocycles. The van der Waals surface area contributed by atoms with E-state index >= 15 is 0 Å². The van der Waals surface area contributed by atoms with Gasteiger partial charge in [-0.05, 0) is 45.4 Å². The summed E-state index contributed by atoms with van der Waals surface area (Å²) >= 11 is 0. The lowest BCUT2D eigenvalue weighted by Crippen LogP contribution is -2.41. The maximum absolute atomic E-state index is 11.5. The van der Waals surface area contributed by atoms with Crippen molar-refractivity contribution in [2.24, 2.45) is 0 Å². The number of hydrogen-bond donors (Lipinski definition) is 3. The summed E-state index contributed by atoms with van der Waals surface area (Å²) in [5.74, 6) is -0.371. The first-order chi connectivity index (χ1) is 8.29. The standard InChI is InChI=1S/C14H22N2O2/c1-10(2)16-12-7-5-6-11(8-12)9-15-13(17)14(3,4)18/h5-8,10,16,18H,9H2,1-4H3,(H,15,17). The van der Waals surface area contributed by atoms with E-state index in [1.165, 1.54) is 13.8 Å². The molecule has 0 aliphatic carbocycles. The van der Waals surface area contributed by atoms with E-state index in [-0.39, 0.29) is 5.91 Å². The fourth-order valence-electron chi connectivity index (χ4n) is 1.50. The minimum atomic E-state index is -1.34. The van der Waals surface area contributed by atoms with Gasteiger partial charge in [0.1, 0.15) is 5.60 Å². The number of anilines is 1. The van der Waals surface area contributed by atoms with Gasteiger partial charge in [-0.2, -0.15) is 0 Å².